The number of aromatic nitrogens is 2. The van der Waals surface area contributed by atoms with Crippen molar-refractivity contribution in [3.05, 3.63) is 23.8 Å². The Hall–Kier alpha value is -1.29. The largest absolute Gasteiger partial charge is 0.315 e. The van der Waals surface area contributed by atoms with Gasteiger partial charge in [0.1, 0.15) is 11.6 Å². The van der Waals surface area contributed by atoms with E-state index in [-0.39, 0.29) is 11.7 Å². The van der Waals surface area contributed by atoms with Gasteiger partial charge in [-0.3, -0.25) is 4.79 Å². The van der Waals surface area contributed by atoms with Crippen molar-refractivity contribution in [3.63, 3.8) is 0 Å². The van der Waals surface area contributed by atoms with E-state index in [0.717, 1.165) is 18.1 Å². The minimum absolute atomic E-state index is 0.0783. The van der Waals surface area contributed by atoms with Crippen molar-refractivity contribution in [2.45, 2.75) is 19.3 Å². The lowest BCUT2D eigenvalue weighted by molar-refractivity contribution is -0.121. The normalized spacial score (nSPS) is 22.4. The van der Waals surface area contributed by atoms with Gasteiger partial charge in [0.25, 0.3) is 0 Å². The Balaban J connectivity index is 2.24. The van der Waals surface area contributed by atoms with E-state index in [4.69, 9.17) is 0 Å². The van der Waals surface area contributed by atoms with Crippen LogP contribution in [0.5, 0.6) is 0 Å². The van der Waals surface area contributed by atoms with Crippen LogP contribution in [-0.4, -0.2) is 28.8 Å². The molecule has 2 rings (SSSR count). The summed E-state index contributed by atoms with van der Waals surface area (Å²) in [6.45, 7) is 3.33. The second kappa shape index (κ2) is 3.84. The lowest BCUT2D eigenvalue weighted by Crippen LogP contribution is -2.35. The topological polar surface area (TPSA) is 54.9 Å². The number of piperidine rings is 1. The van der Waals surface area contributed by atoms with Crippen molar-refractivity contribution < 1.29 is 4.79 Å². The Labute approximate surface area is 82.8 Å². The molecule has 1 saturated heterocycles. The van der Waals surface area contributed by atoms with E-state index >= 15 is 0 Å². The summed E-state index contributed by atoms with van der Waals surface area (Å²) in [5.74, 6) is 0.924. The summed E-state index contributed by atoms with van der Waals surface area (Å²) in [6.07, 6.45) is 2.31. The summed E-state index contributed by atoms with van der Waals surface area (Å²) in [5, 5.41) is 3.20. The maximum absolute atomic E-state index is 11.6. The van der Waals surface area contributed by atoms with E-state index in [0.29, 0.717) is 13.0 Å². The van der Waals surface area contributed by atoms with Crippen LogP contribution in [0.25, 0.3) is 0 Å². The van der Waals surface area contributed by atoms with Crippen LogP contribution in [-0.2, 0) is 4.79 Å². The molecule has 14 heavy (non-hydrogen) atoms. The Morgan fingerprint density at radius 2 is 2.43 bits per heavy atom. The van der Waals surface area contributed by atoms with Gasteiger partial charge in [-0.05, 0) is 13.0 Å². The molecule has 1 aliphatic rings. The molecule has 1 aromatic rings. The van der Waals surface area contributed by atoms with Crippen LogP contribution in [0.2, 0.25) is 0 Å². The maximum atomic E-state index is 11.6. The first-order valence-electron chi connectivity index (χ1n) is 4.80. The number of aryl methyl sites for hydroxylation is 1. The summed E-state index contributed by atoms with van der Waals surface area (Å²) in [7, 11) is 0. The van der Waals surface area contributed by atoms with Crippen molar-refractivity contribution >= 4 is 5.78 Å². The molecule has 0 aliphatic carbocycles. The molecule has 2 heterocycles. The molecule has 1 unspecified atom stereocenters. The Bertz CT molecular complexity index is 351. The van der Waals surface area contributed by atoms with Gasteiger partial charge in [-0.25, -0.2) is 9.97 Å². The zero-order valence-electron chi connectivity index (χ0n) is 8.16. The molecule has 0 bridgehead atoms. The average molecular weight is 191 g/mol. The van der Waals surface area contributed by atoms with Crippen LogP contribution in [0.3, 0.4) is 0 Å². The van der Waals surface area contributed by atoms with Gasteiger partial charge in [0.15, 0.2) is 0 Å². The minimum atomic E-state index is -0.0783. The predicted octanol–water partition coefficient (Wildman–Crippen LogP) is 0.431. The number of nitrogens with one attached hydrogen (secondary N) is 1. The molecular weight excluding hydrogens is 178 g/mol. The van der Waals surface area contributed by atoms with Crippen molar-refractivity contribution in [1.29, 1.82) is 0 Å². The highest BCUT2D eigenvalue weighted by Gasteiger charge is 2.24. The number of rotatable bonds is 1. The number of hydrogen-bond acceptors (Lipinski definition) is 4. The Morgan fingerprint density at radius 1 is 1.57 bits per heavy atom. The zero-order chi connectivity index (χ0) is 9.97. The third-order valence-corrected chi connectivity index (χ3v) is 2.44. The fourth-order valence-corrected chi connectivity index (χ4v) is 1.68. The number of Topliss-reactive ketones (excluding diaryl/α,β-unsaturated/α-hetero) is 1. The first-order valence-corrected chi connectivity index (χ1v) is 4.80. The smallest absolute Gasteiger partial charge is 0.144 e. The summed E-state index contributed by atoms with van der Waals surface area (Å²) >= 11 is 0. The van der Waals surface area contributed by atoms with E-state index in [9.17, 15) is 4.79 Å². The summed E-state index contributed by atoms with van der Waals surface area (Å²) < 4.78 is 0. The summed E-state index contributed by atoms with van der Waals surface area (Å²) in [5.41, 5.74) is 0.842. The van der Waals surface area contributed by atoms with Crippen LogP contribution < -0.4 is 5.32 Å². The third kappa shape index (κ3) is 1.80. The number of carbonyl (C=O) groups is 1. The van der Waals surface area contributed by atoms with Crippen LogP contribution in [0.15, 0.2) is 12.3 Å². The number of carbonyl (C=O) groups excluding carboxylic acids is 1. The molecule has 0 amide bonds. The van der Waals surface area contributed by atoms with E-state index in [1.807, 2.05) is 13.0 Å². The van der Waals surface area contributed by atoms with Crippen molar-refractivity contribution in [2.24, 2.45) is 0 Å². The van der Waals surface area contributed by atoms with Crippen LogP contribution in [0.4, 0.5) is 0 Å². The molecule has 0 spiro atoms. The number of nitrogens with zero attached hydrogens (tertiary/aromatic N) is 2. The first-order chi connectivity index (χ1) is 6.77. The van der Waals surface area contributed by atoms with Gasteiger partial charge in [-0.2, -0.15) is 0 Å². The number of hydrogen-bond donors (Lipinski definition) is 1. The summed E-state index contributed by atoms with van der Waals surface area (Å²) in [4.78, 5) is 19.9. The fraction of sp³-hybridized carbons (Fsp3) is 0.500. The standard InChI is InChI=1S/C10H13N3O/c1-7-12-5-2-9(13-7)8-6-11-4-3-10(8)14/h2,5,8,11H,3-4,6H2,1H3. The molecule has 0 aromatic carbocycles. The minimum Gasteiger partial charge on any atom is -0.315 e. The average Bonchev–Trinajstić information content (AvgIpc) is 2.18. The monoisotopic (exact) mass is 191 g/mol. The lowest BCUT2D eigenvalue weighted by Gasteiger charge is -2.20. The van der Waals surface area contributed by atoms with Crippen LogP contribution in [0.1, 0.15) is 23.9 Å². The van der Waals surface area contributed by atoms with E-state index in [1.165, 1.54) is 0 Å². The highest BCUT2D eigenvalue weighted by Crippen LogP contribution is 2.17. The SMILES string of the molecule is Cc1nccc(C2CNCCC2=O)n1. The van der Waals surface area contributed by atoms with Gasteiger partial charge >= 0.3 is 0 Å². The lowest BCUT2D eigenvalue weighted by atomic mass is 9.94. The van der Waals surface area contributed by atoms with Crippen molar-refractivity contribution in [3.8, 4) is 0 Å². The van der Waals surface area contributed by atoms with Crippen LogP contribution >= 0.6 is 0 Å². The predicted molar refractivity (Wildman–Crippen MR) is 52.0 cm³/mol. The van der Waals surface area contributed by atoms with E-state index in [1.54, 1.807) is 6.20 Å². The second-order valence-electron chi connectivity index (χ2n) is 3.50. The number of ketones is 1. The van der Waals surface area contributed by atoms with Crippen LogP contribution in [0, 0.1) is 6.92 Å². The maximum Gasteiger partial charge on any atom is 0.144 e. The molecule has 0 saturated carbocycles. The van der Waals surface area contributed by atoms with Gasteiger partial charge in [-0.1, -0.05) is 0 Å². The molecule has 0 radical (unpaired) electrons. The van der Waals surface area contributed by atoms with Gasteiger partial charge in [-0.15, -0.1) is 0 Å². The Morgan fingerprint density at radius 3 is 3.14 bits per heavy atom. The molecule has 1 atom stereocenters. The van der Waals surface area contributed by atoms with E-state index < -0.39 is 0 Å². The quantitative estimate of drug-likeness (QED) is 0.699. The zero-order valence-corrected chi connectivity index (χ0v) is 8.16. The first kappa shape index (κ1) is 9.27. The molecule has 1 fully saturated rings. The molecule has 4 nitrogen and oxygen atoms in total. The fourth-order valence-electron chi connectivity index (χ4n) is 1.68. The molecular formula is C10H13N3O. The van der Waals surface area contributed by atoms with Crippen molar-refractivity contribution in [2.75, 3.05) is 13.1 Å². The summed E-state index contributed by atoms with van der Waals surface area (Å²) in [6, 6.07) is 1.82. The van der Waals surface area contributed by atoms with Gasteiger partial charge in [0, 0.05) is 25.7 Å². The molecule has 74 valence electrons. The molecule has 4 heteroatoms. The highest BCUT2D eigenvalue weighted by atomic mass is 16.1. The molecule has 1 aliphatic heterocycles. The molecule has 1 N–H and O–H groups in total. The third-order valence-electron chi connectivity index (χ3n) is 2.44. The highest BCUT2D eigenvalue weighted by molar-refractivity contribution is 5.86. The van der Waals surface area contributed by atoms with Gasteiger partial charge < -0.3 is 5.32 Å². The van der Waals surface area contributed by atoms with Crippen molar-refractivity contribution in [1.82, 2.24) is 15.3 Å². The van der Waals surface area contributed by atoms with E-state index in [2.05, 4.69) is 15.3 Å². The molecule has 1 aromatic heterocycles. The Kier molecular flexibility index (Phi) is 2.54. The second-order valence-corrected chi connectivity index (χ2v) is 3.50. The van der Waals surface area contributed by atoms with Gasteiger partial charge in [0.2, 0.25) is 0 Å². The van der Waals surface area contributed by atoms with Gasteiger partial charge in [0.05, 0.1) is 11.6 Å².